The van der Waals surface area contributed by atoms with Crippen LogP contribution in [0.5, 0.6) is 0 Å². The van der Waals surface area contributed by atoms with Gasteiger partial charge in [-0.3, -0.25) is 4.79 Å². The van der Waals surface area contributed by atoms with Crippen LogP contribution in [0.4, 0.5) is 10.5 Å². The zero-order valence-electron chi connectivity index (χ0n) is 13.0. The average molecular weight is 338 g/mol. The molecule has 2 atom stereocenters. The maximum absolute atomic E-state index is 12.5. The van der Waals surface area contributed by atoms with Crippen LogP contribution in [0.1, 0.15) is 12.8 Å². The first-order valence-corrected chi connectivity index (χ1v) is 8.09. The van der Waals surface area contributed by atoms with E-state index in [1.54, 1.807) is 36.3 Å². The Labute approximate surface area is 140 Å². The molecular formula is C16H20ClN3O3. The fraction of sp³-hybridized carbons (Fsp3) is 0.500. The molecule has 0 bridgehead atoms. The van der Waals surface area contributed by atoms with Crippen LogP contribution in [-0.2, 0) is 9.53 Å². The summed E-state index contributed by atoms with van der Waals surface area (Å²) in [6, 6.07) is 6.88. The number of fused-ring (bicyclic) bond motifs is 1. The number of carbonyl (C=O) groups excluding carboxylic acids is 2. The van der Waals surface area contributed by atoms with Gasteiger partial charge >= 0.3 is 6.03 Å². The molecule has 1 aromatic rings. The third kappa shape index (κ3) is 3.28. The third-order valence-electron chi connectivity index (χ3n) is 4.51. The second-order valence-corrected chi connectivity index (χ2v) is 6.27. The van der Waals surface area contributed by atoms with Gasteiger partial charge in [-0.2, -0.15) is 0 Å². The summed E-state index contributed by atoms with van der Waals surface area (Å²) in [4.78, 5) is 28.3. The number of amides is 3. The number of ether oxygens (including phenoxy) is 1. The van der Waals surface area contributed by atoms with Crippen LogP contribution in [0.3, 0.4) is 0 Å². The van der Waals surface area contributed by atoms with E-state index >= 15 is 0 Å². The fourth-order valence-corrected chi connectivity index (χ4v) is 3.51. The molecule has 124 valence electrons. The Morgan fingerprint density at radius 1 is 1.35 bits per heavy atom. The second kappa shape index (κ2) is 6.76. The summed E-state index contributed by atoms with van der Waals surface area (Å²) < 4.78 is 5.07. The van der Waals surface area contributed by atoms with Gasteiger partial charge in [0.25, 0.3) is 0 Å². The predicted octanol–water partition coefficient (Wildman–Crippen LogP) is 2.19. The van der Waals surface area contributed by atoms with Gasteiger partial charge in [0.1, 0.15) is 0 Å². The molecule has 0 aromatic heterocycles. The SMILES string of the molecule is COCCN1C(=O)C[C@@H]2[C@@H]1CCN2C(=O)Nc1ccc(Cl)cc1. The number of anilines is 1. The van der Waals surface area contributed by atoms with Crippen molar-refractivity contribution < 1.29 is 14.3 Å². The van der Waals surface area contributed by atoms with E-state index in [1.165, 1.54) is 0 Å². The monoisotopic (exact) mass is 337 g/mol. The summed E-state index contributed by atoms with van der Waals surface area (Å²) >= 11 is 5.85. The highest BCUT2D eigenvalue weighted by atomic mass is 35.5. The van der Waals surface area contributed by atoms with E-state index in [-0.39, 0.29) is 24.0 Å². The molecule has 0 unspecified atom stereocenters. The molecule has 2 fully saturated rings. The number of halogens is 1. The van der Waals surface area contributed by atoms with Crippen LogP contribution < -0.4 is 5.32 Å². The molecule has 2 saturated heterocycles. The van der Waals surface area contributed by atoms with Gasteiger partial charge in [0.15, 0.2) is 0 Å². The van der Waals surface area contributed by atoms with Gasteiger partial charge in [-0.05, 0) is 30.7 Å². The second-order valence-electron chi connectivity index (χ2n) is 5.84. The number of nitrogens with zero attached hydrogens (tertiary/aromatic N) is 2. The van der Waals surface area contributed by atoms with Gasteiger partial charge < -0.3 is 19.9 Å². The van der Waals surface area contributed by atoms with Crippen molar-refractivity contribution in [3.63, 3.8) is 0 Å². The number of rotatable bonds is 4. The minimum Gasteiger partial charge on any atom is -0.383 e. The van der Waals surface area contributed by atoms with Crippen molar-refractivity contribution >= 4 is 29.2 Å². The van der Waals surface area contributed by atoms with Crippen LogP contribution in [-0.4, -0.2) is 60.6 Å². The van der Waals surface area contributed by atoms with Crippen LogP contribution in [0.25, 0.3) is 0 Å². The van der Waals surface area contributed by atoms with Crippen LogP contribution >= 0.6 is 11.6 Å². The molecule has 7 heteroatoms. The van der Waals surface area contributed by atoms with Crippen molar-refractivity contribution in [1.29, 1.82) is 0 Å². The molecule has 1 N–H and O–H groups in total. The lowest BCUT2D eigenvalue weighted by Crippen LogP contribution is -2.42. The normalized spacial score (nSPS) is 23.3. The summed E-state index contributed by atoms with van der Waals surface area (Å²) in [5, 5.41) is 3.49. The summed E-state index contributed by atoms with van der Waals surface area (Å²) in [7, 11) is 1.62. The van der Waals surface area contributed by atoms with E-state index in [9.17, 15) is 9.59 Å². The number of carbonyl (C=O) groups is 2. The van der Waals surface area contributed by atoms with E-state index in [0.29, 0.717) is 36.8 Å². The van der Waals surface area contributed by atoms with Crippen molar-refractivity contribution in [2.45, 2.75) is 24.9 Å². The third-order valence-corrected chi connectivity index (χ3v) is 4.76. The van der Waals surface area contributed by atoms with Crippen molar-refractivity contribution in [3.8, 4) is 0 Å². The summed E-state index contributed by atoms with van der Waals surface area (Å²) in [5.74, 6) is 0.0982. The van der Waals surface area contributed by atoms with Crippen LogP contribution in [0.2, 0.25) is 5.02 Å². The van der Waals surface area contributed by atoms with E-state index < -0.39 is 0 Å². The van der Waals surface area contributed by atoms with Crippen molar-refractivity contribution in [1.82, 2.24) is 9.80 Å². The van der Waals surface area contributed by atoms with Crippen molar-refractivity contribution in [2.75, 3.05) is 32.1 Å². The van der Waals surface area contributed by atoms with Crippen LogP contribution in [0, 0.1) is 0 Å². The Kier molecular flexibility index (Phi) is 4.73. The lowest BCUT2D eigenvalue weighted by Gasteiger charge is -2.25. The van der Waals surface area contributed by atoms with E-state index in [1.807, 2.05) is 4.90 Å². The molecule has 2 heterocycles. The summed E-state index contributed by atoms with van der Waals surface area (Å²) in [6.45, 7) is 1.76. The Bertz CT molecular complexity index is 593. The molecule has 2 aliphatic heterocycles. The highest BCUT2D eigenvalue weighted by molar-refractivity contribution is 6.30. The first kappa shape index (κ1) is 16.1. The number of benzene rings is 1. The first-order valence-electron chi connectivity index (χ1n) is 7.71. The quantitative estimate of drug-likeness (QED) is 0.916. The predicted molar refractivity (Wildman–Crippen MR) is 87.6 cm³/mol. The highest BCUT2D eigenvalue weighted by Gasteiger charge is 2.48. The van der Waals surface area contributed by atoms with Gasteiger partial charge in [0.05, 0.1) is 18.7 Å². The Morgan fingerprint density at radius 2 is 2.09 bits per heavy atom. The number of hydrogen-bond donors (Lipinski definition) is 1. The van der Waals surface area contributed by atoms with Crippen LogP contribution in [0.15, 0.2) is 24.3 Å². The first-order chi connectivity index (χ1) is 11.1. The summed E-state index contributed by atoms with van der Waals surface area (Å²) in [6.07, 6.45) is 1.20. The largest absolute Gasteiger partial charge is 0.383 e. The minimum atomic E-state index is -0.166. The molecule has 0 spiro atoms. The molecule has 2 aliphatic rings. The lowest BCUT2D eigenvalue weighted by atomic mass is 10.1. The van der Waals surface area contributed by atoms with Gasteiger partial charge in [-0.25, -0.2) is 4.79 Å². The van der Waals surface area contributed by atoms with Gasteiger partial charge in [0.2, 0.25) is 5.91 Å². The standard InChI is InChI=1S/C16H20ClN3O3/c1-23-9-8-19-13-6-7-20(14(13)10-15(19)21)16(22)18-12-4-2-11(17)3-5-12/h2-5,13-14H,6-10H2,1H3,(H,18,22)/t13-,14+/m0/s1. The van der Waals surface area contributed by atoms with E-state index in [4.69, 9.17) is 16.3 Å². The number of hydrogen-bond acceptors (Lipinski definition) is 3. The molecule has 3 rings (SSSR count). The minimum absolute atomic E-state index is 0.0494. The Hall–Kier alpha value is -1.79. The number of urea groups is 1. The van der Waals surface area contributed by atoms with E-state index in [2.05, 4.69) is 5.32 Å². The zero-order chi connectivity index (χ0) is 16.4. The zero-order valence-corrected chi connectivity index (χ0v) is 13.8. The maximum atomic E-state index is 12.5. The highest BCUT2D eigenvalue weighted by Crippen LogP contribution is 2.32. The maximum Gasteiger partial charge on any atom is 0.322 e. The number of methoxy groups -OCH3 is 1. The molecule has 23 heavy (non-hydrogen) atoms. The number of likely N-dealkylation sites (tertiary alicyclic amines) is 2. The topological polar surface area (TPSA) is 61.9 Å². The molecule has 6 nitrogen and oxygen atoms in total. The van der Waals surface area contributed by atoms with Crippen molar-refractivity contribution in [2.24, 2.45) is 0 Å². The molecule has 0 radical (unpaired) electrons. The fourth-order valence-electron chi connectivity index (χ4n) is 3.39. The molecule has 0 aliphatic carbocycles. The molecule has 1 aromatic carbocycles. The lowest BCUT2D eigenvalue weighted by molar-refractivity contribution is -0.129. The van der Waals surface area contributed by atoms with Crippen molar-refractivity contribution in [3.05, 3.63) is 29.3 Å². The Balaban J connectivity index is 1.64. The smallest absolute Gasteiger partial charge is 0.322 e. The Morgan fingerprint density at radius 3 is 2.78 bits per heavy atom. The molecule has 3 amide bonds. The van der Waals surface area contributed by atoms with Gasteiger partial charge in [-0.1, -0.05) is 11.6 Å². The van der Waals surface area contributed by atoms with Gasteiger partial charge in [-0.15, -0.1) is 0 Å². The average Bonchev–Trinajstić information content (AvgIpc) is 3.06. The molecule has 0 saturated carbocycles. The van der Waals surface area contributed by atoms with E-state index in [0.717, 1.165) is 6.42 Å². The van der Waals surface area contributed by atoms with Gasteiger partial charge in [0, 0.05) is 37.3 Å². The molecular weight excluding hydrogens is 318 g/mol. The number of nitrogens with one attached hydrogen (secondary N) is 1. The summed E-state index contributed by atoms with van der Waals surface area (Å²) in [5.41, 5.74) is 0.698.